The first kappa shape index (κ1) is 15.6. The van der Waals surface area contributed by atoms with E-state index in [1.54, 1.807) is 29.2 Å². The molecule has 0 aliphatic heterocycles. The van der Waals surface area contributed by atoms with Gasteiger partial charge in [-0.25, -0.2) is 4.39 Å². The van der Waals surface area contributed by atoms with Gasteiger partial charge in [0.2, 0.25) is 0 Å². The van der Waals surface area contributed by atoms with Gasteiger partial charge < -0.3 is 10.0 Å². The van der Waals surface area contributed by atoms with E-state index in [2.05, 4.69) is 0 Å². The van der Waals surface area contributed by atoms with Crippen molar-refractivity contribution >= 4 is 34.9 Å². The Hall–Kier alpha value is -1.78. The van der Waals surface area contributed by atoms with Gasteiger partial charge >= 0.3 is 5.97 Å². The maximum Gasteiger partial charge on any atom is 0.323 e. The molecule has 0 bridgehead atoms. The molecule has 0 aliphatic carbocycles. The third-order valence-electron chi connectivity index (χ3n) is 2.87. The topological polar surface area (TPSA) is 40.5 Å². The Morgan fingerprint density at radius 3 is 2.62 bits per heavy atom. The van der Waals surface area contributed by atoms with Crippen LogP contribution in [0.25, 0.3) is 0 Å². The molecule has 21 heavy (non-hydrogen) atoms. The summed E-state index contributed by atoms with van der Waals surface area (Å²) in [6, 6.07) is 10.8. The van der Waals surface area contributed by atoms with Crippen LogP contribution in [0.1, 0.15) is 5.56 Å². The zero-order valence-corrected chi connectivity index (χ0v) is 12.4. The summed E-state index contributed by atoms with van der Waals surface area (Å²) in [6.07, 6.45) is 0. The van der Waals surface area contributed by atoms with Gasteiger partial charge in [-0.1, -0.05) is 29.3 Å². The van der Waals surface area contributed by atoms with Gasteiger partial charge in [0.15, 0.2) is 0 Å². The molecule has 2 rings (SSSR count). The van der Waals surface area contributed by atoms with Crippen LogP contribution >= 0.6 is 23.2 Å². The van der Waals surface area contributed by atoms with Gasteiger partial charge in [-0.3, -0.25) is 4.79 Å². The van der Waals surface area contributed by atoms with E-state index in [1.165, 1.54) is 18.2 Å². The third kappa shape index (κ3) is 4.34. The molecule has 110 valence electrons. The van der Waals surface area contributed by atoms with Crippen LogP contribution in [0.15, 0.2) is 42.5 Å². The predicted molar refractivity (Wildman–Crippen MR) is 81.5 cm³/mol. The SMILES string of the molecule is O=C(O)CN(Cc1cc(F)ccc1Cl)c1cccc(Cl)c1. The largest absolute Gasteiger partial charge is 0.480 e. The third-order valence-corrected chi connectivity index (χ3v) is 3.47. The van der Waals surface area contributed by atoms with Crippen LogP contribution < -0.4 is 4.90 Å². The second kappa shape index (κ2) is 6.78. The van der Waals surface area contributed by atoms with Crippen molar-refractivity contribution in [3.8, 4) is 0 Å². The van der Waals surface area contributed by atoms with Gasteiger partial charge in [0.25, 0.3) is 0 Å². The molecule has 6 heteroatoms. The molecule has 1 N–H and O–H groups in total. The molecule has 0 atom stereocenters. The Bertz CT molecular complexity index is 664. The number of aliphatic carboxylic acids is 1. The summed E-state index contributed by atoms with van der Waals surface area (Å²) in [5.74, 6) is -1.42. The Kier molecular flexibility index (Phi) is 5.04. The Morgan fingerprint density at radius 1 is 1.19 bits per heavy atom. The molecule has 0 aliphatic rings. The zero-order valence-electron chi connectivity index (χ0n) is 10.9. The van der Waals surface area contributed by atoms with Crippen molar-refractivity contribution in [3.05, 3.63) is 63.9 Å². The number of carbonyl (C=O) groups is 1. The lowest BCUT2D eigenvalue weighted by Crippen LogP contribution is -2.29. The summed E-state index contributed by atoms with van der Waals surface area (Å²) in [6.45, 7) is -0.0730. The smallest absolute Gasteiger partial charge is 0.323 e. The van der Waals surface area contributed by atoms with Crippen LogP contribution in [-0.2, 0) is 11.3 Å². The number of rotatable bonds is 5. The summed E-state index contributed by atoms with van der Waals surface area (Å²) in [7, 11) is 0. The fourth-order valence-electron chi connectivity index (χ4n) is 1.94. The Labute approximate surface area is 131 Å². The van der Waals surface area contributed by atoms with Crippen molar-refractivity contribution in [2.45, 2.75) is 6.54 Å². The Morgan fingerprint density at radius 2 is 1.95 bits per heavy atom. The van der Waals surface area contributed by atoms with Gasteiger partial charge in [-0.15, -0.1) is 0 Å². The minimum absolute atomic E-state index is 0.170. The van der Waals surface area contributed by atoms with Gasteiger partial charge in [0.05, 0.1) is 0 Å². The number of halogens is 3. The van der Waals surface area contributed by atoms with Crippen molar-refractivity contribution in [2.24, 2.45) is 0 Å². The molecule has 2 aromatic rings. The summed E-state index contributed by atoms with van der Waals surface area (Å²) in [5.41, 5.74) is 1.14. The van der Waals surface area contributed by atoms with Gasteiger partial charge in [0.1, 0.15) is 12.4 Å². The van der Waals surface area contributed by atoms with Gasteiger partial charge in [-0.05, 0) is 42.0 Å². The fraction of sp³-hybridized carbons (Fsp3) is 0.133. The summed E-state index contributed by atoms with van der Waals surface area (Å²) in [4.78, 5) is 12.6. The van der Waals surface area contributed by atoms with E-state index in [4.69, 9.17) is 28.3 Å². The zero-order chi connectivity index (χ0) is 15.4. The summed E-state index contributed by atoms with van der Waals surface area (Å²) < 4.78 is 13.3. The first-order chi connectivity index (χ1) is 9.95. The monoisotopic (exact) mass is 327 g/mol. The predicted octanol–water partition coefficient (Wildman–Crippen LogP) is 4.22. The average Bonchev–Trinajstić information content (AvgIpc) is 2.41. The van der Waals surface area contributed by atoms with Crippen molar-refractivity contribution in [1.82, 2.24) is 0 Å². The standard InChI is InChI=1S/C15H12Cl2FNO2/c16-11-2-1-3-13(7-11)19(9-15(20)21)8-10-6-12(18)4-5-14(10)17/h1-7H,8-9H2,(H,20,21). The quantitative estimate of drug-likeness (QED) is 0.893. The molecule has 2 aromatic carbocycles. The van der Waals surface area contributed by atoms with Gasteiger partial charge in [0, 0.05) is 22.3 Å². The molecule has 0 radical (unpaired) electrons. The maximum atomic E-state index is 13.3. The molecule has 0 unspecified atom stereocenters. The lowest BCUT2D eigenvalue weighted by Gasteiger charge is -2.23. The number of benzene rings is 2. The highest BCUT2D eigenvalue weighted by Gasteiger charge is 2.14. The summed E-state index contributed by atoms with van der Waals surface area (Å²) in [5, 5.41) is 9.91. The molecule has 0 aromatic heterocycles. The minimum atomic E-state index is -0.998. The van der Waals surface area contributed by atoms with Crippen LogP contribution in [0, 0.1) is 5.82 Å². The molecule has 0 saturated carbocycles. The molecule has 0 spiro atoms. The molecular formula is C15H12Cl2FNO2. The lowest BCUT2D eigenvalue weighted by atomic mass is 10.2. The van der Waals surface area contributed by atoms with Crippen molar-refractivity contribution in [3.63, 3.8) is 0 Å². The number of nitrogens with zero attached hydrogens (tertiary/aromatic N) is 1. The van der Waals surface area contributed by atoms with E-state index in [0.29, 0.717) is 21.3 Å². The van der Waals surface area contributed by atoms with E-state index < -0.39 is 11.8 Å². The van der Waals surface area contributed by atoms with Crippen molar-refractivity contribution in [2.75, 3.05) is 11.4 Å². The molecule has 0 saturated heterocycles. The normalized spacial score (nSPS) is 10.4. The van der Waals surface area contributed by atoms with Gasteiger partial charge in [-0.2, -0.15) is 0 Å². The molecular weight excluding hydrogens is 316 g/mol. The minimum Gasteiger partial charge on any atom is -0.480 e. The van der Waals surface area contributed by atoms with Crippen LogP contribution in [-0.4, -0.2) is 17.6 Å². The fourth-order valence-corrected chi connectivity index (χ4v) is 2.31. The van der Waals surface area contributed by atoms with E-state index in [0.717, 1.165) is 0 Å². The van der Waals surface area contributed by atoms with Crippen LogP contribution in [0.2, 0.25) is 10.0 Å². The van der Waals surface area contributed by atoms with E-state index in [1.807, 2.05) is 0 Å². The second-order valence-electron chi connectivity index (χ2n) is 4.47. The number of hydrogen-bond acceptors (Lipinski definition) is 2. The highest BCUT2D eigenvalue weighted by Crippen LogP contribution is 2.24. The van der Waals surface area contributed by atoms with Crippen LogP contribution in [0.5, 0.6) is 0 Å². The van der Waals surface area contributed by atoms with E-state index in [-0.39, 0.29) is 13.1 Å². The molecule has 0 heterocycles. The second-order valence-corrected chi connectivity index (χ2v) is 5.31. The molecule has 0 amide bonds. The molecule has 3 nitrogen and oxygen atoms in total. The van der Waals surface area contributed by atoms with Crippen molar-refractivity contribution in [1.29, 1.82) is 0 Å². The number of carboxylic acids is 1. The highest BCUT2D eigenvalue weighted by molar-refractivity contribution is 6.31. The maximum absolute atomic E-state index is 13.3. The van der Waals surface area contributed by atoms with Crippen LogP contribution in [0.3, 0.4) is 0 Å². The number of carboxylic acid groups (broad SMARTS) is 1. The molecule has 0 fully saturated rings. The average molecular weight is 328 g/mol. The highest BCUT2D eigenvalue weighted by atomic mass is 35.5. The number of anilines is 1. The first-order valence-electron chi connectivity index (χ1n) is 6.12. The van der Waals surface area contributed by atoms with Crippen molar-refractivity contribution < 1.29 is 14.3 Å². The lowest BCUT2D eigenvalue weighted by molar-refractivity contribution is -0.135. The Balaban J connectivity index is 2.32. The first-order valence-corrected chi connectivity index (χ1v) is 6.87. The van der Waals surface area contributed by atoms with E-state index >= 15 is 0 Å². The number of hydrogen-bond donors (Lipinski definition) is 1. The van der Waals surface area contributed by atoms with E-state index in [9.17, 15) is 9.18 Å². The summed E-state index contributed by atoms with van der Waals surface area (Å²) >= 11 is 12.0. The van der Waals surface area contributed by atoms with Crippen LogP contribution in [0.4, 0.5) is 10.1 Å².